The quantitative estimate of drug-likeness (QED) is 0.589. The predicted molar refractivity (Wildman–Crippen MR) is 93.2 cm³/mol. The summed E-state index contributed by atoms with van der Waals surface area (Å²) >= 11 is 0. The number of aryl methyl sites for hydroxylation is 1. The summed E-state index contributed by atoms with van der Waals surface area (Å²) in [5.41, 5.74) is 4.35. The van der Waals surface area contributed by atoms with Crippen LogP contribution in [0.2, 0.25) is 0 Å². The van der Waals surface area contributed by atoms with Gasteiger partial charge in [-0.2, -0.15) is 0 Å². The molecule has 0 saturated carbocycles. The third-order valence-corrected chi connectivity index (χ3v) is 3.07. The van der Waals surface area contributed by atoms with E-state index < -0.39 is 0 Å². The Hall–Kier alpha value is -1.30. The van der Waals surface area contributed by atoms with Crippen molar-refractivity contribution in [3.63, 3.8) is 0 Å². The van der Waals surface area contributed by atoms with Gasteiger partial charge in [-0.25, -0.2) is 0 Å². The number of hydrogen-bond acceptors (Lipinski definition) is 0. The van der Waals surface area contributed by atoms with E-state index in [-0.39, 0.29) is 0 Å². The van der Waals surface area contributed by atoms with E-state index in [9.17, 15) is 0 Å². The normalized spacial score (nSPS) is 12.2. The molecule has 0 nitrogen and oxygen atoms in total. The van der Waals surface area contributed by atoms with Crippen molar-refractivity contribution in [1.82, 2.24) is 0 Å². The van der Waals surface area contributed by atoms with Crippen LogP contribution in [-0.2, 0) is 6.42 Å². The molecule has 0 fully saturated rings. The first-order valence-corrected chi connectivity index (χ1v) is 8.02. The Kier molecular flexibility index (Phi) is 10.8. The van der Waals surface area contributed by atoms with Crippen molar-refractivity contribution in [3.8, 4) is 0 Å². The van der Waals surface area contributed by atoms with Crippen LogP contribution >= 0.6 is 0 Å². The van der Waals surface area contributed by atoms with E-state index in [2.05, 4.69) is 70.2 Å². The van der Waals surface area contributed by atoms with E-state index >= 15 is 0 Å². The van der Waals surface area contributed by atoms with Crippen molar-refractivity contribution in [2.75, 3.05) is 0 Å². The van der Waals surface area contributed by atoms with Crippen LogP contribution in [-0.4, -0.2) is 0 Å². The molecule has 0 bridgehead atoms. The lowest BCUT2D eigenvalue weighted by Gasteiger charge is -2.04. The number of hydrogen-bond donors (Lipinski definition) is 0. The summed E-state index contributed by atoms with van der Waals surface area (Å²) in [5, 5.41) is 0. The minimum atomic E-state index is 0.762. The van der Waals surface area contributed by atoms with Gasteiger partial charge in [0.25, 0.3) is 0 Å². The van der Waals surface area contributed by atoms with Crippen LogP contribution < -0.4 is 0 Å². The maximum absolute atomic E-state index is 2.25. The zero-order chi connectivity index (χ0) is 15.4. The Balaban J connectivity index is 0.000000345. The molecule has 112 valence electrons. The van der Waals surface area contributed by atoms with Gasteiger partial charge in [-0.1, -0.05) is 88.2 Å². The highest BCUT2D eigenvalue weighted by molar-refractivity contribution is 5.22. The molecule has 0 saturated heterocycles. The molecule has 0 heterocycles. The van der Waals surface area contributed by atoms with E-state index in [0.717, 1.165) is 5.92 Å². The van der Waals surface area contributed by atoms with Gasteiger partial charge in [-0.15, -0.1) is 0 Å². The Morgan fingerprint density at radius 1 is 1.05 bits per heavy atom. The van der Waals surface area contributed by atoms with Gasteiger partial charge in [-0.3, -0.25) is 0 Å². The van der Waals surface area contributed by atoms with Crippen molar-refractivity contribution in [2.45, 2.75) is 60.8 Å². The molecule has 0 spiro atoms. The highest BCUT2D eigenvalue weighted by atomic mass is 14.0. The van der Waals surface area contributed by atoms with Gasteiger partial charge < -0.3 is 0 Å². The van der Waals surface area contributed by atoms with Crippen LogP contribution in [0.25, 0.3) is 0 Å². The Labute approximate surface area is 126 Å². The molecule has 0 radical (unpaired) electrons. The average molecular weight is 272 g/mol. The van der Waals surface area contributed by atoms with Crippen LogP contribution in [0, 0.1) is 12.8 Å². The van der Waals surface area contributed by atoms with Gasteiger partial charge in [0.15, 0.2) is 0 Å². The highest BCUT2D eigenvalue weighted by Crippen LogP contribution is 2.12. The van der Waals surface area contributed by atoms with Gasteiger partial charge in [0, 0.05) is 0 Å². The van der Waals surface area contributed by atoms with E-state index in [4.69, 9.17) is 0 Å². The van der Waals surface area contributed by atoms with Crippen molar-refractivity contribution in [3.05, 3.63) is 59.2 Å². The average Bonchev–Trinajstić information content (AvgIpc) is 2.97. The highest BCUT2D eigenvalue weighted by Gasteiger charge is 1.95. The van der Waals surface area contributed by atoms with Crippen molar-refractivity contribution >= 4 is 0 Å². The fourth-order valence-corrected chi connectivity index (χ4v) is 1.95. The molecule has 1 aromatic rings. The fraction of sp³-hybridized carbons (Fsp3) is 0.500. The monoisotopic (exact) mass is 272 g/mol. The predicted octanol–water partition coefficient (Wildman–Crippen LogP) is 6.50. The van der Waals surface area contributed by atoms with Crippen LogP contribution in [0.5, 0.6) is 0 Å². The molecule has 1 aliphatic rings. The van der Waals surface area contributed by atoms with Crippen LogP contribution in [0.15, 0.2) is 48.1 Å². The van der Waals surface area contributed by atoms with E-state index in [1.807, 2.05) is 13.8 Å². The van der Waals surface area contributed by atoms with Crippen LogP contribution in [0.4, 0.5) is 0 Å². The number of allylic oxidation sites excluding steroid dienone is 4. The van der Waals surface area contributed by atoms with Crippen LogP contribution in [0.3, 0.4) is 0 Å². The maximum atomic E-state index is 2.25. The lowest BCUT2D eigenvalue weighted by atomic mass is 10.0. The first-order chi connectivity index (χ1) is 9.61. The Bertz CT molecular complexity index is 391. The summed E-state index contributed by atoms with van der Waals surface area (Å²) in [5.74, 6) is 0.762. The van der Waals surface area contributed by atoms with E-state index in [0.29, 0.717) is 0 Å². The summed E-state index contributed by atoms with van der Waals surface area (Å²) < 4.78 is 0. The summed E-state index contributed by atoms with van der Waals surface area (Å²) in [6.45, 7) is 12.8. The zero-order valence-corrected chi connectivity index (χ0v) is 14.2. The second-order valence-electron chi connectivity index (χ2n) is 5.39. The minimum Gasteiger partial charge on any atom is -0.0805 e. The lowest BCUT2D eigenvalue weighted by molar-refractivity contribution is 0.647. The minimum absolute atomic E-state index is 0.762. The molecule has 0 aromatic heterocycles. The molecular weight excluding hydrogens is 240 g/mol. The van der Waals surface area contributed by atoms with E-state index in [1.165, 1.54) is 30.4 Å². The largest absolute Gasteiger partial charge is 0.0805 e. The molecular formula is C20H32. The molecule has 0 N–H and O–H groups in total. The molecule has 0 aliphatic heterocycles. The summed E-state index contributed by atoms with van der Waals surface area (Å²) in [4.78, 5) is 0. The SMILES string of the molecule is CC.CCC1=CC=CC1.Cc1ccc(CC(C)C)cc1. The second kappa shape index (κ2) is 11.5. The van der Waals surface area contributed by atoms with Gasteiger partial charge in [-0.05, 0) is 37.7 Å². The smallest absolute Gasteiger partial charge is 0.0133 e. The summed E-state index contributed by atoms with van der Waals surface area (Å²) in [7, 11) is 0. The molecule has 20 heavy (non-hydrogen) atoms. The summed E-state index contributed by atoms with van der Waals surface area (Å²) in [6.07, 6.45) is 10.1. The standard InChI is InChI=1S/C11H16.C7H10.C2H6/c1-9(2)8-11-6-4-10(3)5-7-11;1-2-7-5-3-4-6-7;1-2/h4-7,9H,8H2,1-3H3;3-5H,2,6H2,1H3;1-2H3. The maximum Gasteiger partial charge on any atom is -0.0133 e. The second-order valence-corrected chi connectivity index (χ2v) is 5.39. The van der Waals surface area contributed by atoms with Gasteiger partial charge in [0.05, 0.1) is 0 Å². The number of benzene rings is 1. The first-order valence-electron chi connectivity index (χ1n) is 8.02. The van der Waals surface area contributed by atoms with Crippen molar-refractivity contribution in [1.29, 1.82) is 0 Å². The molecule has 0 amide bonds. The molecule has 1 aliphatic carbocycles. The molecule has 0 unspecified atom stereocenters. The third kappa shape index (κ3) is 8.74. The van der Waals surface area contributed by atoms with Crippen molar-refractivity contribution in [2.24, 2.45) is 5.92 Å². The van der Waals surface area contributed by atoms with Crippen LogP contribution in [0.1, 0.15) is 58.6 Å². The molecule has 0 atom stereocenters. The third-order valence-electron chi connectivity index (χ3n) is 3.07. The zero-order valence-electron chi connectivity index (χ0n) is 14.2. The number of rotatable bonds is 3. The van der Waals surface area contributed by atoms with E-state index in [1.54, 1.807) is 5.57 Å². The molecule has 1 aromatic carbocycles. The Morgan fingerprint density at radius 2 is 1.65 bits per heavy atom. The van der Waals surface area contributed by atoms with Gasteiger partial charge in [0.2, 0.25) is 0 Å². The lowest BCUT2D eigenvalue weighted by Crippen LogP contribution is -1.93. The molecule has 2 rings (SSSR count). The van der Waals surface area contributed by atoms with Gasteiger partial charge >= 0.3 is 0 Å². The fourth-order valence-electron chi connectivity index (χ4n) is 1.95. The van der Waals surface area contributed by atoms with Gasteiger partial charge in [0.1, 0.15) is 0 Å². The molecule has 0 heteroatoms. The van der Waals surface area contributed by atoms with Crippen molar-refractivity contribution < 1.29 is 0 Å². The summed E-state index contributed by atoms with van der Waals surface area (Å²) in [6, 6.07) is 8.79. The topological polar surface area (TPSA) is 0 Å². The first kappa shape index (κ1) is 18.7. The Morgan fingerprint density at radius 3 is 2.00 bits per heavy atom.